The van der Waals surface area contributed by atoms with Crippen LogP contribution < -0.4 is 5.32 Å². The van der Waals surface area contributed by atoms with E-state index in [4.69, 9.17) is 0 Å². The second kappa shape index (κ2) is 7.52. The number of anilines is 1. The van der Waals surface area contributed by atoms with Gasteiger partial charge in [0.15, 0.2) is 0 Å². The standard InChI is InChI=1S/C16H23FN2O2/c1-12(20)15-7-2-3-9-19(15)10-8-16(21)18-14-6-4-5-13(17)11-14/h4-6,11-12,15,20H,2-3,7-10H2,1H3,(H,18,21). The van der Waals surface area contributed by atoms with Crippen LogP contribution in [-0.2, 0) is 4.79 Å². The van der Waals surface area contributed by atoms with Gasteiger partial charge in [-0.15, -0.1) is 0 Å². The maximum Gasteiger partial charge on any atom is 0.225 e. The second-order valence-electron chi connectivity index (χ2n) is 5.65. The molecular formula is C16H23FN2O2. The number of piperidine rings is 1. The number of nitrogens with one attached hydrogen (secondary N) is 1. The van der Waals surface area contributed by atoms with E-state index in [1.807, 2.05) is 0 Å². The number of amides is 1. The van der Waals surface area contributed by atoms with Crippen molar-refractivity contribution in [3.05, 3.63) is 30.1 Å². The molecule has 0 saturated carbocycles. The molecule has 5 heteroatoms. The van der Waals surface area contributed by atoms with Crippen LogP contribution in [0.1, 0.15) is 32.6 Å². The van der Waals surface area contributed by atoms with Crippen LogP contribution in [0, 0.1) is 5.82 Å². The van der Waals surface area contributed by atoms with Crippen LogP contribution in [-0.4, -0.2) is 41.1 Å². The fourth-order valence-corrected chi connectivity index (χ4v) is 2.88. The lowest BCUT2D eigenvalue weighted by Gasteiger charge is -2.37. The molecule has 116 valence electrons. The fourth-order valence-electron chi connectivity index (χ4n) is 2.88. The van der Waals surface area contributed by atoms with Crippen LogP contribution in [0.15, 0.2) is 24.3 Å². The van der Waals surface area contributed by atoms with Crippen molar-refractivity contribution in [1.29, 1.82) is 0 Å². The van der Waals surface area contributed by atoms with Crippen LogP contribution >= 0.6 is 0 Å². The average molecular weight is 294 g/mol. The number of aliphatic hydroxyl groups is 1. The number of carbonyl (C=O) groups is 1. The number of rotatable bonds is 5. The van der Waals surface area contributed by atoms with Gasteiger partial charge < -0.3 is 10.4 Å². The topological polar surface area (TPSA) is 52.6 Å². The molecule has 0 spiro atoms. The second-order valence-corrected chi connectivity index (χ2v) is 5.65. The molecule has 2 rings (SSSR count). The molecule has 1 amide bonds. The van der Waals surface area contributed by atoms with Gasteiger partial charge in [0.1, 0.15) is 5.82 Å². The Kier molecular flexibility index (Phi) is 5.70. The minimum Gasteiger partial charge on any atom is -0.392 e. The highest BCUT2D eigenvalue weighted by Gasteiger charge is 2.26. The third-order valence-corrected chi connectivity index (χ3v) is 3.96. The molecule has 4 nitrogen and oxygen atoms in total. The molecular weight excluding hydrogens is 271 g/mol. The molecule has 1 aromatic rings. The lowest BCUT2D eigenvalue weighted by molar-refractivity contribution is -0.116. The molecule has 1 saturated heterocycles. The van der Waals surface area contributed by atoms with Crippen molar-refractivity contribution in [2.24, 2.45) is 0 Å². The number of benzene rings is 1. The Morgan fingerprint density at radius 2 is 2.33 bits per heavy atom. The molecule has 0 radical (unpaired) electrons. The van der Waals surface area contributed by atoms with E-state index >= 15 is 0 Å². The van der Waals surface area contributed by atoms with Crippen molar-refractivity contribution in [1.82, 2.24) is 4.90 Å². The van der Waals surface area contributed by atoms with Crippen LogP contribution in [0.3, 0.4) is 0 Å². The summed E-state index contributed by atoms with van der Waals surface area (Å²) in [7, 11) is 0. The predicted octanol–water partition coefficient (Wildman–Crippen LogP) is 2.39. The molecule has 1 aromatic carbocycles. The third-order valence-electron chi connectivity index (χ3n) is 3.96. The molecule has 2 unspecified atom stereocenters. The summed E-state index contributed by atoms with van der Waals surface area (Å²) in [5, 5.41) is 12.5. The van der Waals surface area contributed by atoms with Crippen molar-refractivity contribution in [3.8, 4) is 0 Å². The predicted molar refractivity (Wildman–Crippen MR) is 80.5 cm³/mol. The highest BCUT2D eigenvalue weighted by atomic mass is 19.1. The molecule has 21 heavy (non-hydrogen) atoms. The van der Waals surface area contributed by atoms with Gasteiger partial charge in [0, 0.05) is 24.7 Å². The molecule has 1 fully saturated rings. The first-order valence-electron chi connectivity index (χ1n) is 7.54. The summed E-state index contributed by atoms with van der Waals surface area (Å²) in [4.78, 5) is 14.1. The monoisotopic (exact) mass is 294 g/mol. The molecule has 2 atom stereocenters. The normalized spacial score (nSPS) is 21.0. The molecule has 1 aliphatic heterocycles. The van der Waals surface area contributed by atoms with E-state index in [0.29, 0.717) is 18.7 Å². The van der Waals surface area contributed by atoms with Gasteiger partial charge in [0.05, 0.1) is 6.10 Å². The van der Waals surface area contributed by atoms with Crippen LogP contribution in [0.4, 0.5) is 10.1 Å². The highest BCUT2D eigenvalue weighted by molar-refractivity contribution is 5.90. The van der Waals surface area contributed by atoms with Crippen molar-refractivity contribution in [3.63, 3.8) is 0 Å². The molecule has 1 heterocycles. The molecule has 0 aromatic heterocycles. The lowest BCUT2D eigenvalue weighted by Crippen LogP contribution is -2.46. The minimum absolute atomic E-state index is 0.129. The van der Waals surface area contributed by atoms with E-state index in [9.17, 15) is 14.3 Å². The Labute approximate surface area is 125 Å². The van der Waals surface area contributed by atoms with E-state index in [0.717, 1.165) is 25.8 Å². The van der Waals surface area contributed by atoms with E-state index in [2.05, 4.69) is 10.2 Å². The van der Waals surface area contributed by atoms with Gasteiger partial charge in [0.2, 0.25) is 5.91 Å². The van der Waals surface area contributed by atoms with Crippen molar-refractivity contribution in [2.75, 3.05) is 18.4 Å². The maximum absolute atomic E-state index is 13.0. The van der Waals surface area contributed by atoms with Gasteiger partial charge >= 0.3 is 0 Å². The quantitative estimate of drug-likeness (QED) is 0.876. The first kappa shape index (κ1) is 15.9. The Balaban J connectivity index is 1.82. The van der Waals surface area contributed by atoms with Crippen molar-refractivity contribution >= 4 is 11.6 Å². The SMILES string of the molecule is CC(O)C1CCCCN1CCC(=O)Nc1cccc(F)c1. The van der Waals surface area contributed by atoms with Crippen molar-refractivity contribution < 1.29 is 14.3 Å². The zero-order valence-corrected chi connectivity index (χ0v) is 12.4. The summed E-state index contributed by atoms with van der Waals surface area (Å²) >= 11 is 0. The summed E-state index contributed by atoms with van der Waals surface area (Å²) in [6, 6.07) is 6.02. The van der Waals surface area contributed by atoms with Gasteiger partial charge in [-0.1, -0.05) is 12.5 Å². The Morgan fingerprint density at radius 1 is 1.52 bits per heavy atom. The van der Waals surface area contributed by atoms with Gasteiger partial charge in [0.25, 0.3) is 0 Å². The highest BCUT2D eigenvalue weighted by Crippen LogP contribution is 2.20. The molecule has 0 aliphatic carbocycles. The van der Waals surface area contributed by atoms with Gasteiger partial charge in [-0.3, -0.25) is 9.69 Å². The fraction of sp³-hybridized carbons (Fsp3) is 0.562. The van der Waals surface area contributed by atoms with Gasteiger partial charge in [-0.05, 0) is 44.5 Å². The summed E-state index contributed by atoms with van der Waals surface area (Å²) in [5.41, 5.74) is 0.478. The Hall–Kier alpha value is -1.46. The van der Waals surface area contributed by atoms with Crippen LogP contribution in [0.25, 0.3) is 0 Å². The van der Waals surface area contributed by atoms with Crippen LogP contribution in [0.2, 0.25) is 0 Å². The number of nitrogens with zero attached hydrogens (tertiary/aromatic N) is 1. The Bertz CT molecular complexity index is 479. The minimum atomic E-state index is -0.378. The van der Waals surface area contributed by atoms with E-state index < -0.39 is 0 Å². The zero-order chi connectivity index (χ0) is 15.2. The number of likely N-dealkylation sites (tertiary alicyclic amines) is 1. The molecule has 2 N–H and O–H groups in total. The average Bonchev–Trinajstić information content (AvgIpc) is 2.45. The maximum atomic E-state index is 13.0. The van der Waals surface area contributed by atoms with Gasteiger partial charge in [-0.2, -0.15) is 0 Å². The number of carbonyl (C=O) groups excluding carboxylic acids is 1. The number of hydrogen-bond donors (Lipinski definition) is 2. The summed E-state index contributed by atoms with van der Waals surface area (Å²) in [5.74, 6) is -0.492. The molecule has 1 aliphatic rings. The lowest BCUT2D eigenvalue weighted by atomic mass is 9.98. The first-order chi connectivity index (χ1) is 10.1. The van der Waals surface area contributed by atoms with E-state index in [1.165, 1.54) is 12.1 Å². The third kappa shape index (κ3) is 4.79. The van der Waals surface area contributed by atoms with Crippen LogP contribution in [0.5, 0.6) is 0 Å². The van der Waals surface area contributed by atoms with Crippen molar-refractivity contribution in [2.45, 2.75) is 44.8 Å². The van der Waals surface area contributed by atoms with E-state index in [1.54, 1.807) is 19.1 Å². The van der Waals surface area contributed by atoms with Gasteiger partial charge in [-0.25, -0.2) is 4.39 Å². The smallest absolute Gasteiger partial charge is 0.225 e. The largest absolute Gasteiger partial charge is 0.392 e. The Morgan fingerprint density at radius 3 is 3.05 bits per heavy atom. The summed E-state index contributed by atoms with van der Waals surface area (Å²) in [6.07, 6.45) is 3.18. The van der Waals surface area contributed by atoms with E-state index in [-0.39, 0.29) is 23.9 Å². The number of aliphatic hydroxyl groups excluding tert-OH is 1. The summed E-state index contributed by atoms with van der Waals surface area (Å²) in [6.45, 7) is 3.34. The summed E-state index contributed by atoms with van der Waals surface area (Å²) < 4.78 is 13.0. The zero-order valence-electron chi connectivity index (χ0n) is 12.4. The number of halogens is 1. The first-order valence-corrected chi connectivity index (χ1v) is 7.54. The molecule has 0 bridgehead atoms. The number of hydrogen-bond acceptors (Lipinski definition) is 3.